The van der Waals surface area contributed by atoms with Gasteiger partial charge in [0.2, 0.25) is 11.8 Å². The fourth-order valence-electron chi connectivity index (χ4n) is 4.12. The second kappa shape index (κ2) is 9.40. The summed E-state index contributed by atoms with van der Waals surface area (Å²) in [7, 11) is 1.89. The van der Waals surface area contributed by atoms with Gasteiger partial charge in [0.05, 0.1) is 0 Å². The van der Waals surface area contributed by atoms with Gasteiger partial charge in [-0.25, -0.2) is 0 Å². The van der Waals surface area contributed by atoms with Crippen LogP contribution in [0.3, 0.4) is 0 Å². The van der Waals surface area contributed by atoms with E-state index in [1.807, 2.05) is 18.9 Å². The quantitative estimate of drug-likeness (QED) is 0.810. The van der Waals surface area contributed by atoms with Crippen LogP contribution in [0.4, 0.5) is 0 Å². The number of piperidine rings is 1. The van der Waals surface area contributed by atoms with E-state index in [9.17, 15) is 9.59 Å². The molecule has 2 amide bonds. The van der Waals surface area contributed by atoms with Gasteiger partial charge in [-0.1, -0.05) is 26.2 Å². The van der Waals surface area contributed by atoms with Gasteiger partial charge in [0.15, 0.2) is 0 Å². The van der Waals surface area contributed by atoms with Gasteiger partial charge in [-0.2, -0.15) is 0 Å². The molecule has 2 aliphatic rings. The standard InChI is InChI=1S/C19H35N3O2/c1-4-22-12-10-17(11-13-22)21(3)19(24)15(2)20-18(23)14-16-8-6-5-7-9-16/h15-17H,4-14H2,1-3H3,(H,20,23)/t15-/m1/s1. The first-order chi connectivity index (χ1) is 11.5. The van der Waals surface area contributed by atoms with Gasteiger partial charge < -0.3 is 15.1 Å². The lowest BCUT2D eigenvalue weighted by molar-refractivity contribution is -0.137. The highest BCUT2D eigenvalue weighted by atomic mass is 16.2. The van der Waals surface area contributed by atoms with Gasteiger partial charge in [0, 0.05) is 32.6 Å². The van der Waals surface area contributed by atoms with E-state index in [0.29, 0.717) is 18.4 Å². The number of likely N-dealkylation sites (N-methyl/N-ethyl adjacent to an activating group) is 1. The predicted octanol–water partition coefficient (Wildman–Crippen LogP) is 2.40. The first-order valence-corrected chi connectivity index (χ1v) is 9.79. The average Bonchev–Trinajstić information content (AvgIpc) is 2.61. The van der Waals surface area contributed by atoms with E-state index in [-0.39, 0.29) is 11.8 Å². The van der Waals surface area contributed by atoms with Crippen molar-refractivity contribution in [2.75, 3.05) is 26.7 Å². The van der Waals surface area contributed by atoms with Crippen molar-refractivity contribution in [3.8, 4) is 0 Å². The van der Waals surface area contributed by atoms with Crippen LogP contribution in [0.15, 0.2) is 0 Å². The van der Waals surface area contributed by atoms with Crippen molar-refractivity contribution in [3.05, 3.63) is 0 Å². The molecule has 2 rings (SSSR count). The third kappa shape index (κ3) is 5.47. The maximum Gasteiger partial charge on any atom is 0.244 e. The van der Waals surface area contributed by atoms with E-state index in [2.05, 4.69) is 17.1 Å². The molecule has 0 aromatic carbocycles. The number of nitrogens with zero attached hydrogens (tertiary/aromatic N) is 2. The molecule has 0 spiro atoms. The van der Waals surface area contributed by atoms with Gasteiger partial charge >= 0.3 is 0 Å². The number of hydrogen-bond acceptors (Lipinski definition) is 3. The largest absolute Gasteiger partial charge is 0.345 e. The van der Waals surface area contributed by atoms with Crippen LogP contribution in [0.25, 0.3) is 0 Å². The van der Waals surface area contributed by atoms with E-state index in [4.69, 9.17) is 0 Å². The zero-order valence-electron chi connectivity index (χ0n) is 15.7. The highest BCUT2D eigenvalue weighted by Crippen LogP contribution is 2.26. The molecule has 0 radical (unpaired) electrons. The van der Waals surface area contributed by atoms with Crippen LogP contribution in [0.2, 0.25) is 0 Å². The van der Waals surface area contributed by atoms with Crippen LogP contribution in [0, 0.1) is 5.92 Å². The molecule has 1 heterocycles. The van der Waals surface area contributed by atoms with Gasteiger partial charge in [-0.05, 0) is 45.1 Å². The molecule has 1 aliphatic carbocycles. The van der Waals surface area contributed by atoms with E-state index >= 15 is 0 Å². The molecule has 1 N–H and O–H groups in total. The summed E-state index contributed by atoms with van der Waals surface area (Å²) < 4.78 is 0. The minimum atomic E-state index is -0.421. The number of hydrogen-bond donors (Lipinski definition) is 1. The normalized spacial score (nSPS) is 22.1. The van der Waals surface area contributed by atoms with Crippen LogP contribution < -0.4 is 5.32 Å². The van der Waals surface area contributed by atoms with Crippen molar-refractivity contribution in [2.24, 2.45) is 5.92 Å². The van der Waals surface area contributed by atoms with Crippen LogP contribution in [-0.2, 0) is 9.59 Å². The molecular formula is C19H35N3O2. The van der Waals surface area contributed by atoms with Crippen molar-refractivity contribution >= 4 is 11.8 Å². The summed E-state index contributed by atoms with van der Waals surface area (Å²) in [4.78, 5) is 29.1. The van der Waals surface area contributed by atoms with Crippen LogP contribution in [0.5, 0.6) is 0 Å². The Morgan fingerprint density at radius 3 is 2.33 bits per heavy atom. The second-order valence-electron chi connectivity index (χ2n) is 7.61. The van der Waals surface area contributed by atoms with Gasteiger partial charge in [0.1, 0.15) is 6.04 Å². The SMILES string of the molecule is CCN1CCC(N(C)C(=O)[C@@H](C)NC(=O)CC2CCCCC2)CC1. The summed E-state index contributed by atoms with van der Waals surface area (Å²) in [6, 6.07) is -0.117. The summed E-state index contributed by atoms with van der Waals surface area (Å²) >= 11 is 0. The Balaban J connectivity index is 1.75. The summed E-state index contributed by atoms with van der Waals surface area (Å²) in [6.07, 6.45) is 8.73. The van der Waals surface area contributed by atoms with Gasteiger partial charge in [-0.3, -0.25) is 9.59 Å². The molecular weight excluding hydrogens is 302 g/mol. The van der Waals surface area contributed by atoms with E-state index in [1.165, 1.54) is 19.3 Å². The van der Waals surface area contributed by atoms with Crippen molar-refractivity contribution < 1.29 is 9.59 Å². The third-order valence-electron chi connectivity index (χ3n) is 5.85. The van der Waals surface area contributed by atoms with E-state index in [1.54, 1.807) is 0 Å². The molecule has 0 bridgehead atoms. The smallest absolute Gasteiger partial charge is 0.244 e. The Bertz CT molecular complexity index is 413. The molecule has 2 fully saturated rings. The minimum Gasteiger partial charge on any atom is -0.345 e. The number of amides is 2. The molecule has 1 saturated carbocycles. The number of carbonyl (C=O) groups is 2. The van der Waals surface area contributed by atoms with Crippen molar-refractivity contribution in [1.82, 2.24) is 15.1 Å². The molecule has 1 atom stereocenters. The van der Waals surface area contributed by atoms with Gasteiger partial charge in [0.25, 0.3) is 0 Å². The van der Waals surface area contributed by atoms with E-state index in [0.717, 1.165) is 45.3 Å². The van der Waals surface area contributed by atoms with Crippen LogP contribution in [-0.4, -0.2) is 60.4 Å². The number of nitrogens with one attached hydrogen (secondary N) is 1. The molecule has 0 aromatic heterocycles. The molecule has 0 aromatic rings. The molecule has 1 aliphatic heterocycles. The van der Waals surface area contributed by atoms with Gasteiger partial charge in [-0.15, -0.1) is 0 Å². The fraction of sp³-hybridized carbons (Fsp3) is 0.895. The fourth-order valence-corrected chi connectivity index (χ4v) is 4.12. The summed E-state index contributed by atoms with van der Waals surface area (Å²) in [6.45, 7) is 7.19. The van der Waals surface area contributed by atoms with Crippen molar-refractivity contribution in [2.45, 2.75) is 77.3 Å². The number of likely N-dealkylation sites (tertiary alicyclic amines) is 1. The lowest BCUT2D eigenvalue weighted by Crippen LogP contribution is -2.51. The molecule has 24 heavy (non-hydrogen) atoms. The lowest BCUT2D eigenvalue weighted by atomic mass is 9.87. The number of rotatable bonds is 6. The maximum absolute atomic E-state index is 12.6. The zero-order valence-corrected chi connectivity index (χ0v) is 15.7. The Kier molecular flexibility index (Phi) is 7.53. The van der Waals surface area contributed by atoms with Crippen LogP contribution >= 0.6 is 0 Å². The zero-order chi connectivity index (χ0) is 17.5. The molecule has 1 saturated heterocycles. The topological polar surface area (TPSA) is 52.6 Å². The van der Waals surface area contributed by atoms with Crippen LogP contribution in [0.1, 0.15) is 65.2 Å². The Labute approximate surface area is 147 Å². The molecule has 138 valence electrons. The van der Waals surface area contributed by atoms with Crippen molar-refractivity contribution in [1.29, 1.82) is 0 Å². The highest BCUT2D eigenvalue weighted by Gasteiger charge is 2.28. The first kappa shape index (κ1) is 19.2. The Hall–Kier alpha value is -1.10. The lowest BCUT2D eigenvalue weighted by Gasteiger charge is -2.37. The average molecular weight is 338 g/mol. The Morgan fingerprint density at radius 2 is 1.75 bits per heavy atom. The second-order valence-corrected chi connectivity index (χ2v) is 7.61. The first-order valence-electron chi connectivity index (χ1n) is 9.79. The highest BCUT2D eigenvalue weighted by molar-refractivity contribution is 5.87. The molecule has 5 heteroatoms. The summed E-state index contributed by atoms with van der Waals surface area (Å²) in [5, 5.41) is 2.93. The van der Waals surface area contributed by atoms with E-state index < -0.39 is 6.04 Å². The number of carbonyl (C=O) groups excluding carboxylic acids is 2. The molecule has 0 unspecified atom stereocenters. The monoisotopic (exact) mass is 337 g/mol. The minimum absolute atomic E-state index is 0.0388. The summed E-state index contributed by atoms with van der Waals surface area (Å²) in [5.41, 5.74) is 0. The van der Waals surface area contributed by atoms with Crippen molar-refractivity contribution in [3.63, 3.8) is 0 Å². The summed E-state index contributed by atoms with van der Waals surface area (Å²) in [5.74, 6) is 0.594. The molecule has 5 nitrogen and oxygen atoms in total. The predicted molar refractivity (Wildman–Crippen MR) is 96.7 cm³/mol. The third-order valence-corrected chi connectivity index (χ3v) is 5.85. The Morgan fingerprint density at radius 1 is 1.12 bits per heavy atom. The maximum atomic E-state index is 12.6.